The van der Waals surface area contributed by atoms with E-state index >= 15 is 0 Å². The van der Waals surface area contributed by atoms with Crippen LogP contribution in [0.3, 0.4) is 0 Å². The number of methoxy groups -OCH3 is 2. The maximum absolute atomic E-state index is 11.5. The highest BCUT2D eigenvalue weighted by Gasteiger charge is 2.16. The predicted octanol–water partition coefficient (Wildman–Crippen LogP) is 2.37. The van der Waals surface area contributed by atoms with Crippen molar-refractivity contribution in [1.29, 1.82) is 0 Å². The Morgan fingerprint density at radius 3 is 2.63 bits per heavy atom. The number of aryl methyl sites for hydroxylation is 1. The maximum atomic E-state index is 11.5. The van der Waals surface area contributed by atoms with Crippen LogP contribution >= 0.6 is 0 Å². The first-order valence-corrected chi connectivity index (χ1v) is 5.78. The number of aromatic nitrogens is 1. The molecule has 0 atom stereocenters. The molecule has 100 valence electrons. The second-order valence-corrected chi connectivity index (χ2v) is 4.21. The SMILES string of the molecule is COC(=O)c1cc(-c2cc(C)ccc2OC)[nH]c1N. The average molecular weight is 260 g/mol. The van der Waals surface area contributed by atoms with Crippen LogP contribution in [0, 0.1) is 6.92 Å². The highest BCUT2D eigenvalue weighted by atomic mass is 16.5. The summed E-state index contributed by atoms with van der Waals surface area (Å²) in [6.45, 7) is 1.98. The molecule has 3 N–H and O–H groups in total. The summed E-state index contributed by atoms with van der Waals surface area (Å²) in [5.41, 5.74) is 8.77. The van der Waals surface area contributed by atoms with E-state index in [4.69, 9.17) is 10.5 Å². The number of nitrogens with two attached hydrogens (primary N) is 1. The van der Waals surface area contributed by atoms with E-state index in [1.807, 2.05) is 25.1 Å². The second kappa shape index (κ2) is 5.06. The molecule has 2 aromatic rings. The Hall–Kier alpha value is -2.43. The molecule has 5 heteroatoms. The number of ether oxygens (including phenoxy) is 2. The molecule has 5 nitrogen and oxygen atoms in total. The zero-order chi connectivity index (χ0) is 14.0. The largest absolute Gasteiger partial charge is 0.496 e. The number of carbonyl (C=O) groups excluding carboxylic acids is 1. The number of esters is 1. The van der Waals surface area contributed by atoms with Crippen molar-refractivity contribution in [2.75, 3.05) is 20.0 Å². The molecule has 0 saturated heterocycles. The molecule has 1 aromatic carbocycles. The second-order valence-electron chi connectivity index (χ2n) is 4.21. The van der Waals surface area contributed by atoms with Crippen LogP contribution in [0.4, 0.5) is 5.82 Å². The molecule has 0 saturated carbocycles. The van der Waals surface area contributed by atoms with Gasteiger partial charge in [-0.1, -0.05) is 11.6 Å². The van der Waals surface area contributed by atoms with Crippen LogP contribution in [0.15, 0.2) is 24.3 Å². The van der Waals surface area contributed by atoms with Gasteiger partial charge in [0.15, 0.2) is 0 Å². The van der Waals surface area contributed by atoms with E-state index in [0.29, 0.717) is 11.3 Å². The van der Waals surface area contributed by atoms with Gasteiger partial charge in [-0.15, -0.1) is 0 Å². The van der Waals surface area contributed by atoms with Gasteiger partial charge in [-0.25, -0.2) is 4.79 Å². The third-order valence-corrected chi connectivity index (χ3v) is 2.90. The number of rotatable bonds is 3. The molecule has 0 aliphatic carbocycles. The number of H-pyrrole nitrogens is 1. The Bertz CT molecular complexity index is 617. The molecule has 0 amide bonds. The fourth-order valence-corrected chi connectivity index (χ4v) is 1.93. The fraction of sp³-hybridized carbons (Fsp3) is 0.214. The molecule has 0 radical (unpaired) electrons. The summed E-state index contributed by atoms with van der Waals surface area (Å²) >= 11 is 0. The molecule has 19 heavy (non-hydrogen) atoms. The molecular formula is C14H16N2O3. The zero-order valence-corrected chi connectivity index (χ0v) is 11.1. The van der Waals surface area contributed by atoms with Gasteiger partial charge in [-0.3, -0.25) is 0 Å². The maximum Gasteiger partial charge on any atom is 0.341 e. The van der Waals surface area contributed by atoms with Crippen molar-refractivity contribution < 1.29 is 14.3 Å². The fourth-order valence-electron chi connectivity index (χ4n) is 1.93. The summed E-state index contributed by atoms with van der Waals surface area (Å²) in [5.74, 6) is 0.528. The van der Waals surface area contributed by atoms with Crippen molar-refractivity contribution >= 4 is 11.8 Å². The van der Waals surface area contributed by atoms with Crippen LogP contribution in [0.25, 0.3) is 11.3 Å². The standard InChI is InChI=1S/C14H16N2O3/c1-8-4-5-12(18-2)9(6-8)11-7-10(13(15)16-11)14(17)19-3/h4-7,16H,15H2,1-3H3. The molecule has 1 aromatic heterocycles. The van der Waals surface area contributed by atoms with E-state index in [1.165, 1.54) is 7.11 Å². The van der Waals surface area contributed by atoms with E-state index in [-0.39, 0.29) is 5.82 Å². The van der Waals surface area contributed by atoms with Crippen molar-refractivity contribution in [3.05, 3.63) is 35.4 Å². The number of nitrogen functional groups attached to an aromatic ring is 1. The molecule has 0 unspecified atom stereocenters. The Morgan fingerprint density at radius 1 is 1.26 bits per heavy atom. The number of benzene rings is 1. The lowest BCUT2D eigenvalue weighted by atomic mass is 10.1. The lowest BCUT2D eigenvalue weighted by Gasteiger charge is -2.07. The van der Waals surface area contributed by atoms with Crippen LogP contribution in [0.1, 0.15) is 15.9 Å². The van der Waals surface area contributed by atoms with Gasteiger partial charge in [0.25, 0.3) is 0 Å². The number of nitrogens with one attached hydrogen (secondary N) is 1. The summed E-state index contributed by atoms with van der Waals surface area (Å²) in [7, 11) is 2.92. The van der Waals surface area contributed by atoms with Crippen LogP contribution in [0.2, 0.25) is 0 Å². The van der Waals surface area contributed by atoms with E-state index in [0.717, 1.165) is 16.8 Å². The van der Waals surface area contributed by atoms with Crippen LogP contribution in [-0.4, -0.2) is 25.2 Å². The Morgan fingerprint density at radius 2 is 2.00 bits per heavy atom. The van der Waals surface area contributed by atoms with Crippen molar-refractivity contribution in [2.45, 2.75) is 6.92 Å². The third kappa shape index (κ3) is 2.40. The van der Waals surface area contributed by atoms with Gasteiger partial charge in [0.1, 0.15) is 17.1 Å². The van der Waals surface area contributed by atoms with Crippen molar-refractivity contribution in [2.24, 2.45) is 0 Å². The van der Waals surface area contributed by atoms with E-state index in [1.54, 1.807) is 13.2 Å². The Kier molecular flexibility index (Phi) is 3.46. The molecule has 1 heterocycles. The van der Waals surface area contributed by atoms with Gasteiger partial charge in [0.05, 0.1) is 19.9 Å². The van der Waals surface area contributed by atoms with Gasteiger partial charge in [0, 0.05) is 5.56 Å². The van der Waals surface area contributed by atoms with Gasteiger partial charge in [0.2, 0.25) is 0 Å². The normalized spacial score (nSPS) is 10.3. The zero-order valence-electron chi connectivity index (χ0n) is 11.1. The summed E-state index contributed by atoms with van der Waals surface area (Å²) in [4.78, 5) is 14.5. The lowest BCUT2D eigenvalue weighted by molar-refractivity contribution is 0.0602. The van der Waals surface area contributed by atoms with Gasteiger partial charge >= 0.3 is 5.97 Å². The monoisotopic (exact) mass is 260 g/mol. The smallest absolute Gasteiger partial charge is 0.341 e. The van der Waals surface area contributed by atoms with Crippen LogP contribution in [0.5, 0.6) is 5.75 Å². The van der Waals surface area contributed by atoms with E-state index in [9.17, 15) is 4.79 Å². The molecule has 0 bridgehead atoms. The minimum atomic E-state index is -0.466. The molecular weight excluding hydrogens is 244 g/mol. The number of anilines is 1. The first-order valence-electron chi connectivity index (χ1n) is 5.78. The Labute approximate surface area is 111 Å². The number of aromatic amines is 1. The van der Waals surface area contributed by atoms with Crippen LogP contribution < -0.4 is 10.5 Å². The predicted molar refractivity (Wildman–Crippen MR) is 73.3 cm³/mol. The number of carbonyl (C=O) groups is 1. The first kappa shape index (κ1) is 13.0. The average Bonchev–Trinajstić information content (AvgIpc) is 2.79. The highest BCUT2D eigenvalue weighted by molar-refractivity contribution is 5.96. The van der Waals surface area contributed by atoms with Crippen molar-refractivity contribution in [1.82, 2.24) is 4.98 Å². The molecule has 0 aliphatic heterocycles. The number of hydrogen-bond acceptors (Lipinski definition) is 4. The first-order chi connectivity index (χ1) is 9.06. The summed E-state index contributed by atoms with van der Waals surface area (Å²) in [6, 6.07) is 7.46. The van der Waals surface area contributed by atoms with Gasteiger partial charge in [-0.2, -0.15) is 0 Å². The summed E-state index contributed by atoms with van der Waals surface area (Å²) < 4.78 is 9.99. The molecule has 0 fully saturated rings. The topological polar surface area (TPSA) is 77.3 Å². The molecule has 2 rings (SSSR count). The molecule has 0 spiro atoms. The minimum Gasteiger partial charge on any atom is -0.496 e. The van der Waals surface area contributed by atoms with E-state index in [2.05, 4.69) is 9.72 Å². The summed E-state index contributed by atoms with van der Waals surface area (Å²) in [5, 5.41) is 0. The highest BCUT2D eigenvalue weighted by Crippen LogP contribution is 2.32. The van der Waals surface area contributed by atoms with Gasteiger partial charge in [-0.05, 0) is 25.1 Å². The van der Waals surface area contributed by atoms with Crippen LogP contribution in [-0.2, 0) is 4.74 Å². The van der Waals surface area contributed by atoms with E-state index < -0.39 is 5.97 Å². The summed E-state index contributed by atoms with van der Waals surface area (Å²) in [6.07, 6.45) is 0. The Balaban J connectivity index is 2.53. The lowest BCUT2D eigenvalue weighted by Crippen LogP contribution is -2.02. The minimum absolute atomic E-state index is 0.283. The molecule has 0 aliphatic rings. The van der Waals surface area contributed by atoms with Gasteiger partial charge < -0.3 is 20.2 Å². The van der Waals surface area contributed by atoms with Crippen molar-refractivity contribution in [3.8, 4) is 17.0 Å². The third-order valence-electron chi connectivity index (χ3n) is 2.90. The number of hydrogen-bond donors (Lipinski definition) is 2. The quantitative estimate of drug-likeness (QED) is 0.830. The van der Waals surface area contributed by atoms with Crippen molar-refractivity contribution in [3.63, 3.8) is 0 Å².